The predicted molar refractivity (Wildman–Crippen MR) is 258 cm³/mol. The number of nitrogens with zero attached hydrogens (tertiary/aromatic N) is 3. The number of benzene rings is 10. The molecule has 0 unspecified atom stereocenters. The molecule has 11 aromatic rings. The highest BCUT2D eigenvalue weighted by molar-refractivity contribution is 6.28. The lowest BCUT2D eigenvalue weighted by Gasteiger charge is -2.29. The van der Waals surface area contributed by atoms with E-state index in [-0.39, 0.29) is 0 Å². The van der Waals surface area contributed by atoms with E-state index in [0.29, 0.717) is 0 Å². The highest BCUT2D eigenvalue weighted by Crippen LogP contribution is 2.48. The summed E-state index contributed by atoms with van der Waals surface area (Å²) in [6.45, 7) is 7.50. The molecule has 60 heavy (non-hydrogen) atoms. The van der Waals surface area contributed by atoms with Crippen LogP contribution in [0.2, 0.25) is 0 Å². The van der Waals surface area contributed by atoms with E-state index in [1.54, 1.807) is 0 Å². The monoisotopic (exact) mass is 769 g/mol. The van der Waals surface area contributed by atoms with Crippen molar-refractivity contribution >= 4 is 88.1 Å². The smallest absolute Gasteiger partial charge is 0.0723 e. The van der Waals surface area contributed by atoms with Crippen molar-refractivity contribution in [1.29, 1.82) is 0 Å². The van der Waals surface area contributed by atoms with Crippen LogP contribution in [-0.4, -0.2) is 4.98 Å². The fourth-order valence-electron chi connectivity index (χ4n) is 8.77. The number of fused-ring (bicyclic) bond motifs is 2. The first-order valence-electron chi connectivity index (χ1n) is 20.5. The van der Waals surface area contributed by atoms with Crippen LogP contribution in [0.3, 0.4) is 0 Å². The summed E-state index contributed by atoms with van der Waals surface area (Å²) in [6.07, 6.45) is 1.92. The van der Waals surface area contributed by atoms with Gasteiger partial charge in [-0.15, -0.1) is 6.58 Å². The van der Waals surface area contributed by atoms with Crippen molar-refractivity contribution in [3.63, 3.8) is 0 Å². The van der Waals surface area contributed by atoms with E-state index in [0.717, 1.165) is 45.0 Å². The molecule has 0 aliphatic heterocycles. The molecule has 0 aliphatic rings. The average molecular weight is 770 g/mol. The number of aromatic nitrogens is 1. The average Bonchev–Trinajstić information content (AvgIpc) is 3.30. The van der Waals surface area contributed by atoms with Crippen LogP contribution in [0.25, 0.3) is 65.1 Å². The van der Waals surface area contributed by atoms with E-state index in [4.69, 9.17) is 4.98 Å². The molecule has 0 radical (unpaired) electrons. The van der Waals surface area contributed by atoms with Gasteiger partial charge in [0.05, 0.1) is 22.6 Å². The lowest BCUT2D eigenvalue weighted by Crippen LogP contribution is -2.11. The first-order chi connectivity index (χ1) is 29.5. The largest absolute Gasteiger partial charge is 0.310 e. The molecular weight excluding hydrogens is 727 g/mol. The van der Waals surface area contributed by atoms with Gasteiger partial charge in [-0.05, 0) is 118 Å². The third kappa shape index (κ3) is 6.47. The van der Waals surface area contributed by atoms with Crippen molar-refractivity contribution in [3.05, 3.63) is 225 Å². The van der Waals surface area contributed by atoms with Gasteiger partial charge in [-0.2, -0.15) is 0 Å². The second-order valence-electron chi connectivity index (χ2n) is 15.5. The Morgan fingerprint density at radius 3 is 1.43 bits per heavy atom. The normalized spacial score (nSPS) is 11.2. The molecule has 0 atom stereocenters. The van der Waals surface area contributed by atoms with Crippen LogP contribution in [0, 0.1) is 0 Å². The van der Waals surface area contributed by atoms with E-state index in [2.05, 4.69) is 223 Å². The van der Waals surface area contributed by atoms with E-state index in [1.165, 1.54) is 59.8 Å². The zero-order valence-corrected chi connectivity index (χ0v) is 33.8. The number of hydrogen-bond acceptors (Lipinski definition) is 3. The summed E-state index contributed by atoms with van der Waals surface area (Å²) in [5, 5.41) is 11.0. The molecule has 11 rings (SSSR count). The topological polar surface area (TPSA) is 19.4 Å². The van der Waals surface area contributed by atoms with Gasteiger partial charge in [-0.1, -0.05) is 151 Å². The molecule has 1 heterocycles. The molecule has 3 nitrogen and oxygen atoms in total. The standard InChI is InChI=1S/C53H35N3.C4H8/c1-4-14-38(15-5-1)55(39-16-6-2-7-17-39)49-33-31-42(41-20-10-11-21-44(41)49)43-28-24-36-26-30-47-50(32-27-37-25-29-45(43)52(36)53(37)47)56(40-18-8-3-9-19-40)51-34-35-54-48-23-13-12-22-46(48)51;1-4(2)3/h1-35H;1H2,2-3H3. The van der Waals surface area contributed by atoms with Crippen molar-refractivity contribution < 1.29 is 0 Å². The van der Waals surface area contributed by atoms with E-state index < -0.39 is 0 Å². The van der Waals surface area contributed by atoms with Gasteiger partial charge in [0, 0.05) is 39.4 Å². The van der Waals surface area contributed by atoms with Crippen molar-refractivity contribution in [2.24, 2.45) is 0 Å². The van der Waals surface area contributed by atoms with E-state index >= 15 is 0 Å². The van der Waals surface area contributed by atoms with E-state index in [9.17, 15) is 0 Å². The second kappa shape index (κ2) is 15.5. The third-order valence-corrected chi connectivity index (χ3v) is 11.2. The maximum absolute atomic E-state index is 4.72. The van der Waals surface area contributed by atoms with Gasteiger partial charge in [-0.3, -0.25) is 4.98 Å². The molecule has 10 aromatic carbocycles. The Bertz CT molecular complexity index is 3250. The van der Waals surface area contributed by atoms with Crippen molar-refractivity contribution in [1.82, 2.24) is 4.98 Å². The minimum atomic E-state index is 0.974. The molecule has 0 spiro atoms. The summed E-state index contributed by atoms with van der Waals surface area (Å²) in [4.78, 5) is 9.48. The maximum atomic E-state index is 4.72. The van der Waals surface area contributed by atoms with Gasteiger partial charge < -0.3 is 9.80 Å². The number of pyridine rings is 1. The summed E-state index contributed by atoms with van der Waals surface area (Å²) in [7, 11) is 0. The van der Waals surface area contributed by atoms with Crippen LogP contribution in [0.5, 0.6) is 0 Å². The molecule has 0 bridgehead atoms. The van der Waals surface area contributed by atoms with Gasteiger partial charge in [-0.25, -0.2) is 0 Å². The fourth-order valence-corrected chi connectivity index (χ4v) is 8.77. The highest BCUT2D eigenvalue weighted by atomic mass is 15.2. The summed E-state index contributed by atoms with van der Waals surface area (Å²) in [6, 6.07) is 74.4. The van der Waals surface area contributed by atoms with Gasteiger partial charge in [0.1, 0.15) is 0 Å². The Kier molecular flexibility index (Phi) is 9.48. The zero-order chi connectivity index (χ0) is 40.6. The maximum Gasteiger partial charge on any atom is 0.0723 e. The van der Waals surface area contributed by atoms with Crippen molar-refractivity contribution in [2.45, 2.75) is 13.8 Å². The Morgan fingerprint density at radius 1 is 0.367 bits per heavy atom. The number of hydrogen-bond donors (Lipinski definition) is 0. The molecule has 1 aromatic heterocycles. The molecule has 0 saturated carbocycles. The molecular formula is C57H43N3. The molecule has 3 heteroatoms. The Balaban J connectivity index is 0.00000104. The first kappa shape index (κ1) is 36.6. The van der Waals surface area contributed by atoms with Gasteiger partial charge in [0.2, 0.25) is 0 Å². The Hall–Kier alpha value is -7.75. The molecule has 0 fully saturated rings. The molecule has 0 saturated heterocycles. The summed E-state index contributed by atoms with van der Waals surface area (Å²) in [5.74, 6) is 0. The summed E-state index contributed by atoms with van der Waals surface area (Å²) >= 11 is 0. The first-order valence-corrected chi connectivity index (χ1v) is 20.5. The van der Waals surface area contributed by atoms with Gasteiger partial charge in [0.15, 0.2) is 0 Å². The predicted octanol–water partition coefficient (Wildman–Crippen LogP) is 16.5. The second-order valence-corrected chi connectivity index (χ2v) is 15.5. The summed E-state index contributed by atoms with van der Waals surface area (Å²) in [5.41, 5.74) is 11.3. The van der Waals surface area contributed by atoms with Crippen LogP contribution < -0.4 is 9.80 Å². The molecule has 0 amide bonds. The minimum Gasteiger partial charge on any atom is -0.310 e. The van der Waals surface area contributed by atoms with Crippen LogP contribution in [-0.2, 0) is 0 Å². The van der Waals surface area contributed by atoms with Crippen LogP contribution in [0.15, 0.2) is 225 Å². The number of para-hydroxylation sites is 4. The summed E-state index contributed by atoms with van der Waals surface area (Å²) < 4.78 is 0. The van der Waals surface area contributed by atoms with Gasteiger partial charge in [0.25, 0.3) is 0 Å². The van der Waals surface area contributed by atoms with Crippen molar-refractivity contribution in [2.75, 3.05) is 9.80 Å². The molecule has 0 N–H and O–H groups in total. The van der Waals surface area contributed by atoms with Crippen LogP contribution >= 0.6 is 0 Å². The zero-order valence-electron chi connectivity index (χ0n) is 33.8. The van der Waals surface area contributed by atoms with Crippen LogP contribution in [0.4, 0.5) is 34.1 Å². The lowest BCUT2D eigenvalue weighted by atomic mass is 9.87. The number of allylic oxidation sites excluding steroid dienone is 1. The van der Waals surface area contributed by atoms with Crippen LogP contribution in [0.1, 0.15) is 13.8 Å². The number of rotatable bonds is 7. The fraction of sp³-hybridized carbons (Fsp3) is 0.0351. The Labute approximate surface area is 351 Å². The van der Waals surface area contributed by atoms with E-state index in [1.807, 2.05) is 20.0 Å². The SMILES string of the molecule is C=C(C)C.c1ccc(N(c2ccccc2)c2ccc(-c3ccc4ccc5c(N(c6ccccc6)c6ccnc7ccccc67)ccc6ccc3c4c65)c3ccccc23)cc1. The van der Waals surface area contributed by atoms with Gasteiger partial charge >= 0.3 is 0 Å². The molecule has 286 valence electrons. The quantitative estimate of drug-likeness (QED) is 0.119. The lowest BCUT2D eigenvalue weighted by molar-refractivity contribution is 1.29. The highest BCUT2D eigenvalue weighted by Gasteiger charge is 2.22. The third-order valence-electron chi connectivity index (χ3n) is 11.2. The van der Waals surface area contributed by atoms with Crippen molar-refractivity contribution in [3.8, 4) is 11.1 Å². The minimum absolute atomic E-state index is 0.974. The molecule has 0 aliphatic carbocycles. The Morgan fingerprint density at radius 2 is 0.783 bits per heavy atom. The number of anilines is 6.